The van der Waals surface area contributed by atoms with Gasteiger partial charge in [0, 0.05) is 24.4 Å². The van der Waals surface area contributed by atoms with Crippen LogP contribution in [0.5, 0.6) is 5.75 Å². The van der Waals surface area contributed by atoms with Crippen molar-refractivity contribution in [2.45, 2.75) is 13.0 Å². The van der Waals surface area contributed by atoms with Gasteiger partial charge >= 0.3 is 0 Å². The topological polar surface area (TPSA) is 72.6 Å². The van der Waals surface area contributed by atoms with Crippen molar-refractivity contribution >= 4 is 0 Å². The quantitative estimate of drug-likeness (QED) is 0.858. The van der Waals surface area contributed by atoms with Crippen LogP contribution >= 0.6 is 0 Å². The minimum atomic E-state index is -0.302. The summed E-state index contributed by atoms with van der Waals surface area (Å²) in [6.07, 6.45) is 3.54. The summed E-state index contributed by atoms with van der Waals surface area (Å²) in [6.45, 7) is 0.0453. The first kappa shape index (κ1) is 12.3. The third kappa shape index (κ3) is 3.18. The third-order valence-electron chi connectivity index (χ3n) is 2.35. The Balaban J connectivity index is 1.93. The molecule has 1 N–H and O–H groups in total. The average Bonchev–Trinajstić information content (AvgIpc) is 2.42. The van der Waals surface area contributed by atoms with Crippen molar-refractivity contribution in [1.82, 2.24) is 4.98 Å². The van der Waals surface area contributed by atoms with E-state index in [0.717, 1.165) is 5.69 Å². The maximum atomic E-state index is 11.5. The molecule has 0 aliphatic heterocycles. The Bertz CT molecular complexity index is 550. The molecule has 0 aliphatic carbocycles. The monoisotopic (exact) mass is 247 g/mol. The normalized spacial score (nSPS) is 10.3. The molecule has 0 amide bonds. The van der Waals surface area contributed by atoms with Crippen LogP contribution in [0, 0.1) is 0 Å². The van der Waals surface area contributed by atoms with Crippen molar-refractivity contribution in [2.24, 2.45) is 0 Å². The molecule has 0 aliphatic rings. The van der Waals surface area contributed by atoms with Crippen molar-refractivity contribution in [3.8, 4) is 5.75 Å². The fourth-order valence-corrected chi connectivity index (χ4v) is 1.44. The highest BCUT2D eigenvalue weighted by Crippen LogP contribution is 2.06. The Hall–Kier alpha value is -2.14. The molecule has 0 bridgehead atoms. The Morgan fingerprint density at radius 3 is 2.94 bits per heavy atom. The van der Waals surface area contributed by atoms with Gasteiger partial charge in [0.05, 0.1) is 6.61 Å². The van der Waals surface area contributed by atoms with Gasteiger partial charge in [0.2, 0.25) is 11.2 Å². The molecule has 2 aromatic rings. The summed E-state index contributed by atoms with van der Waals surface area (Å²) in [7, 11) is 0. The fraction of sp³-hybridized carbons (Fsp3) is 0.231. The molecule has 0 spiro atoms. The second-order valence-electron chi connectivity index (χ2n) is 3.65. The van der Waals surface area contributed by atoms with E-state index in [9.17, 15) is 4.79 Å². The summed E-state index contributed by atoms with van der Waals surface area (Å²) < 4.78 is 10.3. The molecule has 94 valence electrons. The zero-order valence-corrected chi connectivity index (χ0v) is 9.70. The van der Waals surface area contributed by atoms with Gasteiger partial charge in [0.1, 0.15) is 18.6 Å². The summed E-state index contributed by atoms with van der Waals surface area (Å²) >= 11 is 0. The van der Waals surface area contributed by atoms with E-state index in [-0.39, 0.29) is 23.5 Å². The molecule has 0 radical (unpaired) electrons. The first-order valence-electron chi connectivity index (χ1n) is 5.55. The van der Waals surface area contributed by atoms with E-state index in [1.54, 1.807) is 6.20 Å². The maximum Gasteiger partial charge on any atom is 0.227 e. The van der Waals surface area contributed by atoms with E-state index in [0.29, 0.717) is 13.0 Å². The molecule has 0 atom stereocenters. The van der Waals surface area contributed by atoms with Crippen molar-refractivity contribution in [3.63, 3.8) is 0 Å². The van der Waals surface area contributed by atoms with Gasteiger partial charge in [-0.1, -0.05) is 6.07 Å². The first-order chi connectivity index (χ1) is 8.79. The number of nitrogens with zero attached hydrogens (tertiary/aromatic N) is 1. The highest BCUT2D eigenvalue weighted by molar-refractivity contribution is 5.17. The van der Waals surface area contributed by atoms with Crippen LogP contribution in [0.25, 0.3) is 0 Å². The number of aliphatic hydroxyl groups is 1. The second kappa shape index (κ2) is 5.97. The number of rotatable bonds is 5. The van der Waals surface area contributed by atoms with Crippen molar-refractivity contribution in [1.29, 1.82) is 0 Å². The van der Waals surface area contributed by atoms with Gasteiger partial charge in [-0.2, -0.15) is 0 Å². The van der Waals surface area contributed by atoms with Gasteiger partial charge in [0.25, 0.3) is 0 Å². The lowest BCUT2D eigenvalue weighted by atomic mass is 10.3. The molecule has 2 rings (SSSR count). The minimum Gasteiger partial charge on any atom is -0.486 e. The minimum absolute atomic E-state index is 0.142. The highest BCUT2D eigenvalue weighted by atomic mass is 16.5. The van der Waals surface area contributed by atoms with Crippen LogP contribution in [-0.2, 0) is 13.0 Å². The average molecular weight is 247 g/mol. The van der Waals surface area contributed by atoms with E-state index >= 15 is 0 Å². The lowest BCUT2D eigenvalue weighted by Crippen LogP contribution is -2.10. The zero-order chi connectivity index (χ0) is 12.8. The number of ether oxygens (including phenoxy) is 1. The Kier molecular flexibility index (Phi) is 4.09. The molecule has 5 nitrogen and oxygen atoms in total. The lowest BCUT2D eigenvalue weighted by molar-refractivity contribution is 0.237. The number of pyridine rings is 1. The number of hydrogen-bond donors (Lipinski definition) is 1. The predicted molar refractivity (Wildman–Crippen MR) is 64.3 cm³/mol. The smallest absolute Gasteiger partial charge is 0.227 e. The number of aromatic nitrogens is 1. The second-order valence-corrected chi connectivity index (χ2v) is 3.65. The van der Waals surface area contributed by atoms with Gasteiger partial charge in [-0.3, -0.25) is 9.78 Å². The third-order valence-corrected chi connectivity index (χ3v) is 2.35. The fourth-order valence-electron chi connectivity index (χ4n) is 1.44. The molecular weight excluding hydrogens is 234 g/mol. The number of aliphatic hydroxyl groups excluding tert-OH is 1. The highest BCUT2D eigenvalue weighted by Gasteiger charge is 2.04. The van der Waals surface area contributed by atoms with Crippen LogP contribution in [0.4, 0.5) is 0 Å². The summed E-state index contributed by atoms with van der Waals surface area (Å²) in [5.41, 5.74) is 0.597. The number of hydrogen-bond acceptors (Lipinski definition) is 5. The van der Waals surface area contributed by atoms with Crippen LogP contribution in [-0.4, -0.2) is 16.7 Å². The first-order valence-corrected chi connectivity index (χ1v) is 5.55. The molecule has 2 heterocycles. The van der Waals surface area contributed by atoms with Crippen LogP contribution in [0.3, 0.4) is 0 Å². The lowest BCUT2D eigenvalue weighted by Gasteiger charge is -2.04. The largest absolute Gasteiger partial charge is 0.486 e. The molecule has 0 fully saturated rings. The Labute approximate surface area is 104 Å². The van der Waals surface area contributed by atoms with E-state index in [1.165, 1.54) is 12.3 Å². The standard InChI is InChI=1S/C13H13NO4/c15-8-11-7-12(16)13(9-18-11)17-6-4-10-3-1-2-5-14-10/h1-3,5,7,9,15H,4,6,8H2. The molecular formula is C13H13NO4. The van der Waals surface area contributed by atoms with Crippen LogP contribution in [0.15, 0.2) is 45.9 Å². The van der Waals surface area contributed by atoms with Crippen molar-refractivity contribution in [2.75, 3.05) is 6.61 Å². The summed E-state index contributed by atoms with van der Waals surface area (Å²) in [6, 6.07) is 6.84. The van der Waals surface area contributed by atoms with Gasteiger partial charge in [0.15, 0.2) is 0 Å². The van der Waals surface area contributed by atoms with Crippen LogP contribution < -0.4 is 10.2 Å². The summed E-state index contributed by atoms with van der Waals surface area (Å²) in [5, 5.41) is 8.80. The van der Waals surface area contributed by atoms with E-state index in [1.807, 2.05) is 18.2 Å². The molecule has 0 aromatic carbocycles. The van der Waals surface area contributed by atoms with Gasteiger partial charge < -0.3 is 14.3 Å². The van der Waals surface area contributed by atoms with Gasteiger partial charge in [-0.05, 0) is 12.1 Å². The van der Waals surface area contributed by atoms with Crippen molar-refractivity contribution in [3.05, 3.63) is 58.4 Å². The maximum absolute atomic E-state index is 11.5. The van der Waals surface area contributed by atoms with Gasteiger partial charge in [-0.15, -0.1) is 0 Å². The van der Waals surface area contributed by atoms with Gasteiger partial charge in [-0.25, -0.2) is 0 Å². The molecule has 0 saturated carbocycles. The van der Waals surface area contributed by atoms with Crippen molar-refractivity contribution < 1.29 is 14.3 Å². The Morgan fingerprint density at radius 2 is 2.28 bits per heavy atom. The SMILES string of the molecule is O=c1cc(CO)occ1OCCc1ccccn1. The molecule has 2 aromatic heterocycles. The van der Waals surface area contributed by atoms with Crippen LogP contribution in [0.1, 0.15) is 11.5 Å². The van der Waals surface area contributed by atoms with E-state index < -0.39 is 0 Å². The summed E-state index contributed by atoms with van der Waals surface area (Å²) in [5.74, 6) is 0.361. The molecule has 18 heavy (non-hydrogen) atoms. The van der Waals surface area contributed by atoms with E-state index in [4.69, 9.17) is 14.3 Å². The Morgan fingerprint density at radius 1 is 1.39 bits per heavy atom. The predicted octanol–water partition coefficient (Wildman–Crippen LogP) is 1.15. The molecule has 0 unspecified atom stereocenters. The molecule has 0 saturated heterocycles. The summed E-state index contributed by atoms with van der Waals surface area (Å²) in [4.78, 5) is 15.7. The molecule has 5 heteroatoms. The zero-order valence-electron chi connectivity index (χ0n) is 9.70. The van der Waals surface area contributed by atoms with Crippen LogP contribution in [0.2, 0.25) is 0 Å². The van der Waals surface area contributed by atoms with E-state index in [2.05, 4.69) is 4.98 Å².